The lowest BCUT2D eigenvalue weighted by molar-refractivity contribution is -0.385. The standard InChI is InChI=1S/C23H29N3O5/c1-16(22(28)24-23(2,3)4)25(15-17-9-8-11-19(13-17)31-5)21(27)14-18-10-6-7-12-20(18)26(29)30/h6-13,16H,14-15H2,1-5H3,(H,24,28)/t16-/m0/s1. The maximum Gasteiger partial charge on any atom is 0.273 e. The van der Waals surface area contributed by atoms with Crippen molar-refractivity contribution in [3.8, 4) is 5.75 Å². The summed E-state index contributed by atoms with van der Waals surface area (Å²) in [5.41, 5.74) is 0.500. The number of nitro benzene ring substituents is 1. The van der Waals surface area contributed by atoms with Gasteiger partial charge in [0.2, 0.25) is 11.8 Å². The smallest absolute Gasteiger partial charge is 0.273 e. The lowest BCUT2D eigenvalue weighted by Gasteiger charge is -2.31. The zero-order chi connectivity index (χ0) is 23.2. The molecular formula is C23H29N3O5. The van der Waals surface area contributed by atoms with Gasteiger partial charge in [-0.05, 0) is 45.4 Å². The molecule has 0 bridgehead atoms. The number of carbonyl (C=O) groups is 2. The lowest BCUT2D eigenvalue weighted by Crippen LogP contribution is -2.52. The number of carbonyl (C=O) groups excluding carboxylic acids is 2. The van der Waals surface area contributed by atoms with Crippen LogP contribution in [0.5, 0.6) is 5.75 Å². The third-order valence-electron chi connectivity index (χ3n) is 4.68. The molecule has 0 aliphatic carbocycles. The first-order valence-electron chi connectivity index (χ1n) is 9.98. The van der Waals surface area contributed by atoms with E-state index < -0.39 is 16.5 Å². The largest absolute Gasteiger partial charge is 0.497 e. The van der Waals surface area contributed by atoms with E-state index in [0.717, 1.165) is 5.56 Å². The third-order valence-corrected chi connectivity index (χ3v) is 4.68. The Morgan fingerprint density at radius 1 is 1.16 bits per heavy atom. The molecule has 0 spiro atoms. The van der Waals surface area contributed by atoms with Gasteiger partial charge in [-0.15, -0.1) is 0 Å². The molecule has 2 aromatic carbocycles. The molecular weight excluding hydrogens is 398 g/mol. The van der Waals surface area contributed by atoms with E-state index in [1.165, 1.54) is 11.0 Å². The van der Waals surface area contributed by atoms with E-state index in [0.29, 0.717) is 11.3 Å². The van der Waals surface area contributed by atoms with E-state index in [1.54, 1.807) is 50.4 Å². The molecule has 8 nitrogen and oxygen atoms in total. The molecule has 0 heterocycles. The number of hydrogen-bond acceptors (Lipinski definition) is 5. The molecule has 2 aromatic rings. The SMILES string of the molecule is COc1cccc(CN(C(=O)Cc2ccccc2[N+](=O)[O-])[C@@H](C)C(=O)NC(C)(C)C)c1. The third kappa shape index (κ3) is 6.80. The summed E-state index contributed by atoms with van der Waals surface area (Å²) in [6.45, 7) is 7.39. The average Bonchev–Trinajstić information content (AvgIpc) is 2.70. The number of rotatable bonds is 8. The molecule has 0 saturated heterocycles. The van der Waals surface area contributed by atoms with E-state index in [1.807, 2.05) is 26.8 Å². The molecule has 8 heteroatoms. The van der Waals surface area contributed by atoms with Gasteiger partial charge in [-0.1, -0.05) is 30.3 Å². The van der Waals surface area contributed by atoms with Gasteiger partial charge in [0.1, 0.15) is 11.8 Å². The molecule has 0 aliphatic rings. The molecule has 0 aliphatic heterocycles. The monoisotopic (exact) mass is 427 g/mol. The molecule has 2 amide bonds. The van der Waals surface area contributed by atoms with Gasteiger partial charge in [-0.2, -0.15) is 0 Å². The fourth-order valence-electron chi connectivity index (χ4n) is 3.13. The first-order chi connectivity index (χ1) is 14.5. The second-order valence-electron chi connectivity index (χ2n) is 8.35. The Morgan fingerprint density at radius 2 is 1.84 bits per heavy atom. The van der Waals surface area contributed by atoms with Crippen LogP contribution < -0.4 is 10.1 Å². The number of nitrogens with zero attached hydrogens (tertiary/aromatic N) is 2. The van der Waals surface area contributed by atoms with E-state index in [9.17, 15) is 19.7 Å². The van der Waals surface area contributed by atoms with Crippen LogP contribution >= 0.6 is 0 Å². The van der Waals surface area contributed by atoms with Crippen LogP contribution in [-0.4, -0.2) is 40.3 Å². The van der Waals surface area contributed by atoms with E-state index in [-0.39, 0.29) is 30.5 Å². The van der Waals surface area contributed by atoms with Crippen LogP contribution in [0.25, 0.3) is 0 Å². The van der Waals surface area contributed by atoms with Crippen molar-refractivity contribution in [3.63, 3.8) is 0 Å². The highest BCUT2D eigenvalue weighted by Gasteiger charge is 2.29. The second kappa shape index (κ2) is 10.1. The molecule has 0 saturated carbocycles. The Bertz CT molecular complexity index is 952. The van der Waals surface area contributed by atoms with Crippen molar-refractivity contribution >= 4 is 17.5 Å². The van der Waals surface area contributed by atoms with Crippen molar-refractivity contribution in [2.45, 2.75) is 52.2 Å². The van der Waals surface area contributed by atoms with Crippen LogP contribution in [0.3, 0.4) is 0 Å². The summed E-state index contributed by atoms with van der Waals surface area (Å²) in [5.74, 6) is -0.0459. The maximum absolute atomic E-state index is 13.2. The average molecular weight is 428 g/mol. The Kier molecular flexibility index (Phi) is 7.74. The van der Waals surface area contributed by atoms with Gasteiger partial charge in [-0.3, -0.25) is 19.7 Å². The Labute approximate surface area is 182 Å². The predicted octanol–water partition coefficient (Wildman–Crippen LogP) is 3.48. The van der Waals surface area contributed by atoms with Gasteiger partial charge < -0.3 is 15.0 Å². The Balaban J connectivity index is 2.35. The van der Waals surface area contributed by atoms with Crippen molar-refractivity contribution < 1.29 is 19.2 Å². The van der Waals surface area contributed by atoms with Crippen molar-refractivity contribution in [1.29, 1.82) is 0 Å². The van der Waals surface area contributed by atoms with Crippen molar-refractivity contribution in [3.05, 3.63) is 69.8 Å². The summed E-state index contributed by atoms with van der Waals surface area (Å²) in [4.78, 5) is 38.3. The van der Waals surface area contributed by atoms with Crippen LogP contribution in [0.4, 0.5) is 5.69 Å². The molecule has 1 N–H and O–H groups in total. The van der Waals surface area contributed by atoms with Gasteiger partial charge >= 0.3 is 0 Å². The number of benzene rings is 2. The number of hydrogen-bond donors (Lipinski definition) is 1. The summed E-state index contributed by atoms with van der Waals surface area (Å²) in [6, 6.07) is 12.6. The fourth-order valence-corrected chi connectivity index (χ4v) is 3.13. The number of para-hydroxylation sites is 1. The minimum Gasteiger partial charge on any atom is -0.497 e. The van der Waals surface area contributed by atoms with Crippen LogP contribution in [0.1, 0.15) is 38.8 Å². The maximum atomic E-state index is 13.2. The van der Waals surface area contributed by atoms with Crippen LogP contribution in [0.2, 0.25) is 0 Å². The summed E-state index contributed by atoms with van der Waals surface area (Å²) in [5, 5.41) is 14.2. The number of amides is 2. The van der Waals surface area contributed by atoms with Gasteiger partial charge in [0.05, 0.1) is 18.5 Å². The van der Waals surface area contributed by atoms with Gasteiger partial charge in [0.15, 0.2) is 0 Å². The first kappa shape index (κ1) is 23.9. The van der Waals surface area contributed by atoms with Crippen molar-refractivity contribution in [2.75, 3.05) is 7.11 Å². The van der Waals surface area contributed by atoms with E-state index in [4.69, 9.17) is 4.74 Å². The Hall–Kier alpha value is -3.42. The molecule has 166 valence electrons. The topological polar surface area (TPSA) is 102 Å². The molecule has 2 rings (SSSR count). The lowest BCUT2D eigenvalue weighted by atomic mass is 10.1. The minimum absolute atomic E-state index is 0.121. The van der Waals surface area contributed by atoms with Crippen LogP contribution in [0, 0.1) is 10.1 Å². The second-order valence-corrected chi connectivity index (χ2v) is 8.35. The predicted molar refractivity (Wildman–Crippen MR) is 118 cm³/mol. The quantitative estimate of drug-likeness (QED) is 0.513. The highest BCUT2D eigenvalue weighted by Crippen LogP contribution is 2.21. The molecule has 31 heavy (non-hydrogen) atoms. The number of methoxy groups -OCH3 is 1. The number of nitro groups is 1. The van der Waals surface area contributed by atoms with Crippen molar-refractivity contribution in [2.24, 2.45) is 0 Å². The highest BCUT2D eigenvalue weighted by atomic mass is 16.6. The van der Waals surface area contributed by atoms with Gasteiger partial charge in [-0.25, -0.2) is 0 Å². The van der Waals surface area contributed by atoms with Crippen LogP contribution in [0.15, 0.2) is 48.5 Å². The first-order valence-corrected chi connectivity index (χ1v) is 9.98. The van der Waals surface area contributed by atoms with Gasteiger partial charge in [0, 0.05) is 23.7 Å². The number of nitrogens with one attached hydrogen (secondary N) is 1. The molecule has 0 radical (unpaired) electrons. The normalized spacial score (nSPS) is 12.0. The zero-order valence-corrected chi connectivity index (χ0v) is 18.5. The fraction of sp³-hybridized carbons (Fsp3) is 0.391. The van der Waals surface area contributed by atoms with Crippen LogP contribution in [-0.2, 0) is 22.6 Å². The molecule has 0 unspecified atom stereocenters. The summed E-state index contributed by atoms with van der Waals surface area (Å²) in [6.07, 6.45) is -0.186. The zero-order valence-electron chi connectivity index (χ0n) is 18.5. The molecule has 0 aromatic heterocycles. The van der Waals surface area contributed by atoms with E-state index in [2.05, 4.69) is 5.32 Å². The molecule has 0 fully saturated rings. The Morgan fingerprint density at radius 3 is 2.45 bits per heavy atom. The van der Waals surface area contributed by atoms with Crippen molar-refractivity contribution in [1.82, 2.24) is 10.2 Å². The highest BCUT2D eigenvalue weighted by molar-refractivity contribution is 5.88. The summed E-state index contributed by atoms with van der Waals surface area (Å²) in [7, 11) is 1.55. The number of ether oxygens (including phenoxy) is 1. The van der Waals surface area contributed by atoms with Gasteiger partial charge in [0.25, 0.3) is 5.69 Å². The molecule has 1 atom stereocenters. The summed E-state index contributed by atoms with van der Waals surface area (Å²) < 4.78 is 5.25. The minimum atomic E-state index is -0.777. The summed E-state index contributed by atoms with van der Waals surface area (Å²) >= 11 is 0. The van der Waals surface area contributed by atoms with E-state index >= 15 is 0 Å².